The molecule has 0 saturated carbocycles. The van der Waals surface area contributed by atoms with Crippen molar-refractivity contribution in [1.29, 1.82) is 0 Å². The molecule has 1 aromatic heterocycles. The molecule has 1 saturated heterocycles. The van der Waals surface area contributed by atoms with E-state index in [-0.39, 0.29) is 37.4 Å². The largest absolute Gasteiger partial charge is 0.425 e. The first-order valence-electron chi connectivity index (χ1n) is 10.6. The molecule has 12 heteroatoms. The average molecular weight is 501 g/mol. The summed E-state index contributed by atoms with van der Waals surface area (Å²) in [6.45, 7) is 0.151. The lowest BCUT2D eigenvalue weighted by atomic mass is 9.96. The third kappa shape index (κ3) is 5.80. The summed E-state index contributed by atoms with van der Waals surface area (Å²) >= 11 is 0. The highest BCUT2D eigenvalue weighted by atomic mass is 19.4. The Bertz CT molecular complexity index is 1170. The van der Waals surface area contributed by atoms with Gasteiger partial charge < -0.3 is 9.32 Å². The Hall–Kier alpha value is -3.44. The van der Waals surface area contributed by atoms with Gasteiger partial charge in [-0.1, -0.05) is 12.1 Å². The van der Waals surface area contributed by atoms with Crippen molar-refractivity contribution in [2.75, 3.05) is 13.1 Å². The first-order chi connectivity index (χ1) is 16.4. The van der Waals surface area contributed by atoms with E-state index in [4.69, 9.17) is 4.42 Å². The van der Waals surface area contributed by atoms with E-state index in [0.717, 1.165) is 5.56 Å². The van der Waals surface area contributed by atoms with Crippen LogP contribution < -0.4 is 0 Å². The van der Waals surface area contributed by atoms with Gasteiger partial charge in [-0.2, -0.15) is 26.3 Å². The topological polar surface area (TPSA) is 59.2 Å². The van der Waals surface area contributed by atoms with E-state index in [1.165, 1.54) is 17.0 Å². The standard InChI is InChI=1S/C23H18F7N3O2/c24-18-5-3-13(4-6-18)8-19-31-32-20(35-19)14-2-1-7-33(12-14)21(34)15-9-16(22(25,26)27)11-17(10-15)23(28,29)30/h3-6,9-11,14H,1-2,7-8,12H2. The molecule has 0 N–H and O–H groups in total. The molecule has 3 aromatic rings. The summed E-state index contributed by atoms with van der Waals surface area (Å²) in [4.78, 5) is 14.1. The smallest absolute Gasteiger partial charge is 0.416 e. The maximum Gasteiger partial charge on any atom is 0.416 e. The van der Waals surface area contributed by atoms with Crippen molar-refractivity contribution in [3.8, 4) is 0 Å². The minimum atomic E-state index is -5.05. The molecular formula is C23H18F7N3O2. The molecule has 1 aliphatic rings. The Morgan fingerprint density at radius 3 is 2.20 bits per heavy atom. The maximum atomic E-state index is 13.2. The second-order valence-electron chi connectivity index (χ2n) is 8.22. The van der Waals surface area contributed by atoms with Gasteiger partial charge in [0.05, 0.1) is 23.5 Å². The van der Waals surface area contributed by atoms with E-state index in [9.17, 15) is 35.5 Å². The molecule has 0 radical (unpaired) electrons. The van der Waals surface area contributed by atoms with Crippen LogP contribution in [0.25, 0.3) is 0 Å². The van der Waals surface area contributed by atoms with Crippen molar-refractivity contribution >= 4 is 5.91 Å². The van der Waals surface area contributed by atoms with Crippen LogP contribution in [0.15, 0.2) is 46.9 Å². The molecule has 1 amide bonds. The lowest BCUT2D eigenvalue weighted by Crippen LogP contribution is -2.39. The van der Waals surface area contributed by atoms with Crippen molar-refractivity contribution in [2.24, 2.45) is 0 Å². The number of alkyl halides is 6. The van der Waals surface area contributed by atoms with E-state index in [1.807, 2.05) is 0 Å². The second kappa shape index (κ2) is 9.31. The number of benzene rings is 2. The van der Waals surface area contributed by atoms with Crippen molar-refractivity contribution in [3.05, 3.63) is 82.3 Å². The Morgan fingerprint density at radius 1 is 0.971 bits per heavy atom. The highest BCUT2D eigenvalue weighted by Crippen LogP contribution is 2.37. The molecule has 1 unspecified atom stereocenters. The molecule has 1 fully saturated rings. The predicted octanol–water partition coefficient (Wildman–Crippen LogP) is 5.86. The van der Waals surface area contributed by atoms with Crippen molar-refractivity contribution in [3.63, 3.8) is 0 Å². The lowest BCUT2D eigenvalue weighted by Gasteiger charge is -2.31. The maximum absolute atomic E-state index is 13.2. The van der Waals surface area contributed by atoms with Gasteiger partial charge in [0.25, 0.3) is 5.91 Å². The van der Waals surface area contributed by atoms with Gasteiger partial charge in [-0.05, 0) is 48.7 Å². The number of hydrogen-bond acceptors (Lipinski definition) is 4. The summed E-state index contributed by atoms with van der Waals surface area (Å²) in [6.07, 6.45) is -8.88. The Labute approximate surface area is 194 Å². The van der Waals surface area contributed by atoms with E-state index in [2.05, 4.69) is 10.2 Å². The fourth-order valence-electron chi connectivity index (χ4n) is 3.90. The zero-order valence-corrected chi connectivity index (χ0v) is 18.0. The number of nitrogens with zero attached hydrogens (tertiary/aromatic N) is 3. The van der Waals surface area contributed by atoms with Crippen molar-refractivity contribution in [1.82, 2.24) is 15.1 Å². The van der Waals surface area contributed by atoms with Crippen LogP contribution in [0, 0.1) is 5.82 Å². The molecule has 1 aliphatic heterocycles. The molecule has 2 heterocycles. The number of carbonyl (C=O) groups is 1. The van der Waals surface area contributed by atoms with Gasteiger partial charge in [0.1, 0.15) is 5.82 Å². The van der Waals surface area contributed by atoms with Crippen LogP contribution in [0.5, 0.6) is 0 Å². The highest BCUT2D eigenvalue weighted by molar-refractivity contribution is 5.94. The molecule has 5 nitrogen and oxygen atoms in total. The van der Waals surface area contributed by atoms with E-state index in [0.29, 0.717) is 25.0 Å². The predicted molar refractivity (Wildman–Crippen MR) is 108 cm³/mol. The summed E-state index contributed by atoms with van der Waals surface area (Å²) < 4.78 is 97.7. The van der Waals surface area contributed by atoms with Crippen LogP contribution in [-0.4, -0.2) is 34.1 Å². The molecule has 0 spiro atoms. The third-order valence-electron chi connectivity index (χ3n) is 5.64. The van der Waals surface area contributed by atoms with Crippen LogP contribution >= 0.6 is 0 Å². The number of aromatic nitrogens is 2. The van der Waals surface area contributed by atoms with Gasteiger partial charge in [0.2, 0.25) is 11.8 Å². The van der Waals surface area contributed by atoms with Gasteiger partial charge >= 0.3 is 12.4 Å². The zero-order valence-electron chi connectivity index (χ0n) is 18.0. The van der Waals surface area contributed by atoms with Gasteiger partial charge in [0.15, 0.2) is 0 Å². The number of carbonyl (C=O) groups excluding carboxylic acids is 1. The molecule has 35 heavy (non-hydrogen) atoms. The van der Waals surface area contributed by atoms with E-state index >= 15 is 0 Å². The quantitative estimate of drug-likeness (QED) is 0.421. The Kier molecular flexibility index (Phi) is 6.56. The number of likely N-dealkylation sites (tertiary alicyclic amines) is 1. The molecule has 0 bridgehead atoms. The van der Waals surface area contributed by atoms with Crippen LogP contribution in [0.1, 0.15) is 57.6 Å². The van der Waals surface area contributed by atoms with Gasteiger partial charge in [-0.15, -0.1) is 10.2 Å². The van der Waals surface area contributed by atoms with Crippen LogP contribution in [0.2, 0.25) is 0 Å². The minimum Gasteiger partial charge on any atom is -0.425 e. The molecule has 0 aliphatic carbocycles. The summed E-state index contributed by atoms with van der Waals surface area (Å²) in [5.74, 6) is -1.31. The van der Waals surface area contributed by atoms with Crippen LogP contribution in [-0.2, 0) is 18.8 Å². The minimum absolute atomic E-state index is 0.00535. The van der Waals surface area contributed by atoms with E-state index in [1.54, 1.807) is 12.1 Å². The van der Waals surface area contributed by atoms with Crippen molar-refractivity contribution in [2.45, 2.75) is 37.5 Å². The number of rotatable bonds is 4. The third-order valence-corrected chi connectivity index (χ3v) is 5.64. The fourth-order valence-corrected chi connectivity index (χ4v) is 3.90. The number of amides is 1. The first kappa shape index (κ1) is 24.7. The average Bonchev–Trinajstić information content (AvgIpc) is 3.27. The highest BCUT2D eigenvalue weighted by Gasteiger charge is 2.38. The summed E-state index contributed by atoms with van der Waals surface area (Å²) in [5, 5.41) is 7.94. The fraction of sp³-hybridized carbons (Fsp3) is 0.348. The normalized spacial score (nSPS) is 17.0. The van der Waals surface area contributed by atoms with E-state index < -0.39 is 46.7 Å². The van der Waals surface area contributed by atoms with Crippen LogP contribution in [0.4, 0.5) is 30.7 Å². The molecule has 186 valence electrons. The lowest BCUT2D eigenvalue weighted by molar-refractivity contribution is -0.143. The summed E-state index contributed by atoms with van der Waals surface area (Å²) in [6, 6.07) is 6.53. The molecule has 2 aromatic carbocycles. The number of halogens is 7. The Morgan fingerprint density at radius 2 is 1.60 bits per heavy atom. The van der Waals surface area contributed by atoms with Crippen molar-refractivity contribution < 1.29 is 39.9 Å². The molecule has 1 atom stereocenters. The second-order valence-corrected chi connectivity index (χ2v) is 8.22. The monoisotopic (exact) mass is 501 g/mol. The SMILES string of the molecule is O=C(c1cc(C(F)(F)F)cc(C(F)(F)F)c1)N1CCCC(c2nnc(Cc3ccc(F)cc3)o2)C1. The summed E-state index contributed by atoms with van der Waals surface area (Å²) in [7, 11) is 0. The first-order valence-corrected chi connectivity index (χ1v) is 10.6. The number of hydrogen-bond donors (Lipinski definition) is 0. The number of piperidine rings is 1. The molecular weight excluding hydrogens is 483 g/mol. The van der Waals surface area contributed by atoms with Crippen LogP contribution in [0.3, 0.4) is 0 Å². The zero-order chi connectivity index (χ0) is 25.4. The Balaban J connectivity index is 1.52. The van der Waals surface area contributed by atoms with Gasteiger partial charge in [-0.25, -0.2) is 4.39 Å². The van der Waals surface area contributed by atoms with Gasteiger partial charge in [-0.3, -0.25) is 4.79 Å². The van der Waals surface area contributed by atoms with Gasteiger partial charge in [0, 0.05) is 18.7 Å². The molecule has 4 rings (SSSR count). The summed E-state index contributed by atoms with van der Waals surface area (Å²) in [5.41, 5.74) is -3.07.